The molecule has 2 aliphatic rings. The molecule has 3 heterocycles. The molecule has 0 fully saturated rings. The van der Waals surface area contributed by atoms with Crippen LogP contribution < -0.4 is 9.80 Å². The molecule has 75 heavy (non-hydrogen) atoms. The van der Waals surface area contributed by atoms with Gasteiger partial charge in [-0.2, -0.15) is 0 Å². The predicted octanol–water partition coefficient (Wildman–Crippen LogP) is 21.3. The van der Waals surface area contributed by atoms with Gasteiger partial charge in [0.1, 0.15) is 0 Å². The third-order valence-electron chi connectivity index (χ3n) is 17.2. The quantitative estimate of drug-likeness (QED) is 0.153. The van der Waals surface area contributed by atoms with Crippen molar-refractivity contribution in [1.29, 1.82) is 0 Å². The zero-order valence-corrected chi connectivity index (χ0v) is 44.9. The first-order chi connectivity index (χ1) is 36.3. The van der Waals surface area contributed by atoms with Crippen molar-refractivity contribution in [3.05, 3.63) is 240 Å². The van der Waals surface area contributed by atoms with Crippen LogP contribution in [0.1, 0.15) is 101 Å². The van der Waals surface area contributed by atoms with E-state index in [1.54, 1.807) is 0 Å². The first-order valence-corrected chi connectivity index (χ1v) is 27.7. The van der Waals surface area contributed by atoms with Crippen LogP contribution in [0.2, 0.25) is 0 Å². The fourth-order valence-electron chi connectivity index (χ4n) is 12.9. The minimum absolute atomic E-state index is 0.204. The Morgan fingerprint density at radius 1 is 0.307 bits per heavy atom. The number of rotatable bonds is 6. The second kappa shape index (κ2) is 16.8. The highest BCUT2D eigenvalue weighted by atomic mass is 32.1. The molecule has 0 N–H and O–H groups in total. The van der Waals surface area contributed by atoms with Crippen molar-refractivity contribution in [2.24, 2.45) is 0 Å². The van der Waals surface area contributed by atoms with Crippen molar-refractivity contribution >= 4 is 98.0 Å². The SMILES string of the molecule is CC(C)c1ccc(-c2ccc3c(c2)C(C)(C)c2ccccc2N3c2ccc3c4ccc(N5c6ccc(-c7ccc(C(C)C)cc7)cc6C(C)(C)c6cc7c(cc65)sc5ccccc57)cc4c4ccccc4c3c2)cc1. The lowest BCUT2D eigenvalue weighted by Crippen LogP contribution is -2.30. The monoisotopic (exact) mass is 984 g/mol. The number of hydrogen-bond donors (Lipinski definition) is 0. The topological polar surface area (TPSA) is 6.48 Å². The largest absolute Gasteiger partial charge is 0.310 e. The van der Waals surface area contributed by atoms with Crippen LogP contribution in [0.5, 0.6) is 0 Å². The van der Waals surface area contributed by atoms with Crippen molar-refractivity contribution in [3.8, 4) is 22.3 Å². The Bertz CT molecular complexity index is 4280. The zero-order chi connectivity index (χ0) is 51.1. The van der Waals surface area contributed by atoms with Crippen LogP contribution in [0, 0.1) is 0 Å². The predicted molar refractivity (Wildman–Crippen MR) is 325 cm³/mol. The molecule has 0 atom stereocenters. The summed E-state index contributed by atoms with van der Waals surface area (Å²) in [6, 6.07) is 79.0. The lowest BCUT2D eigenvalue weighted by atomic mass is 9.72. The van der Waals surface area contributed by atoms with Crippen LogP contribution in [0.4, 0.5) is 34.1 Å². The Hall–Kier alpha value is -7.98. The summed E-state index contributed by atoms with van der Waals surface area (Å²) in [6.45, 7) is 18.7. The fraction of sp³-hybridized carbons (Fsp3) is 0.167. The van der Waals surface area contributed by atoms with Crippen molar-refractivity contribution in [1.82, 2.24) is 0 Å². The molecule has 14 rings (SSSR count). The number of thiophene rings is 1. The summed E-state index contributed by atoms with van der Waals surface area (Å²) >= 11 is 1.90. The van der Waals surface area contributed by atoms with Crippen LogP contribution in [-0.4, -0.2) is 0 Å². The van der Waals surface area contributed by atoms with E-state index >= 15 is 0 Å². The fourth-order valence-corrected chi connectivity index (χ4v) is 14.0. The molecule has 0 radical (unpaired) electrons. The highest BCUT2D eigenvalue weighted by Crippen LogP contribution is 2.57. The summed E-state index contributed by atoms with van der Waals surface area (Å²) in [7, 11) is 0. The van der Waals surface area contributed by atoms with Gasteiger partial charge in [0.15, 0.2) is 0 Å². The summed E-state index contributed by atoms with van der Waals surface area (Å²) < 4.78 is 2.64. The zero-order valence-electron chi connectivity index (χ0n) is 44.1. The van der Waals surface area contributed by atoms with Crippen LogP contribution in [0.15, 0.2) is 206 Å². The van der Waals surface area contributed by atoms with E-state index in [0.29, 0.717) is 11.8 Å². The Labute approximate surface area is 445 Å². The first-order valence-electron chi connectivity index (χ1n) is 26.9. The molecule has 0 aliphatic carbocycles. The maximum atomic E-state index is 2.56. The third kappa shape index (κ3) is 6.97. The van der Waals surface area contributed by atoms with Crippen molar-refractivity contribution in [2.45, 2.75) is 78.1 Å². The molecule has 11 aromatic carbocycles. The summed E-state index contributed by atoms with van der Waals surface area (Å²) in [6.07, 6.45) is 0. The van der Waals surface area contributed by atoms with Gasteiger partial charge in [0.25, 0.3) is 0 Å². The third-order valence-corrected chi connectivity index (χ3v) is 18.3. The number of hydrogen-bond acceptors (Lipinski definition) is 3. The average molecular weight is 985 g/mol. The Morgan fingerprint density at radius 3 is 1.28 bits per heavy atom. The lowest BCUT2D eigenvalue weighted by molar-refractivity contribution is 0.632. The second-order valence-corrected chi connectivity index (χ2v) is 24.0. The Morgan fingerprint density at radius 2 is 0.733 bits per heavy atom. The van der Waals surface area contributed by atoms with Gasteiger partial charge < -0.3 is 9.80 Å². The van der Waals surface area contributed by atoms with Crippen LogP contribution >= 0.6 is 11.3 Å². The van der Waals surface area contributed by atoms with Gasteiger partial charge in [0.2, 0.25) is 0 Å². The standard InChI is InChI=1S/C72H60N2S/c1-43(2)45-21-25-47(26-22-45)49-29-35-66-62(37-49)71(5,6)61-18-12-13-19-65(61)73(66)51-31-33-55-56-34-32-52(40-59(56)54-16-10-9-15-53(54)58(55)39-51)74-67-36-30-50(48-27-23-46(24-28-48)44(3)4)38-63(67)72(7,8)64-41-60-57-17-11-14-20-69(57)75-70(60)42-68(64)74/h9-44H,1-8H3. The molecule has 0 spiro atoms. The van der Waals surface area contributed by atoms with Gasteiger partial charge in [0, 0.05) is 42.4 Å². The molecular formula is C72H60N2S. The molecule has 2 nitrogen and oxygen atoms in total. The van der Waals surface area contributed by atoms with E-state index in [1.165, 1.54) is 131 Å². The highest BCUT2D eigenvalue weighted by Gasteiger charge is 2.39. The lowest BCUT2D eigenvalue weighted by Gasteiger charge is -2.42. The van der Waals surface area contributed by atoms with Crippen molar-refractivity contribution in [2.75, 3.05) is 9.80 Å². The van der Waals surface area contributed by atoms with E-state index in [1.807, 2.05) is 11.3 Å². The van der Waals surface area contributed by atoms with E-state index in [2.05, 4.69) is 271 Å². The Kier molecular flexibility index (Phi) is 10.2. The number of fused-ring (bicyclic) bond motifs is 13. The molecule has 0 saturated carbocycles. The number of para-hydroxylation sites is 1. The molecule has 0 amide bonds. The second-order valence-electron chi connectivity index (χ2n) is 22.9. The molecule has 364 valence electrons. The maximum Gasteiger partial charge on any atom is 0.0517 e. The number of benzene rings is 11. The van der Waals surface area contributed by atoms with Crippen molar-refractivity contribution in [3.63, 3.8) is 0 Å². The van der Waals surface area contributed by atoms with Crippen molar-refractivity contribution < 1.29 is 0 Å². The molecule has 0 unspecified atom stereocenters. The summed E-state index contributed by atoms with van der Waals surface area (Å²) in [5.74, 6) is 0.987. The minimum Gasteiger partial charge on any atom is -0.310 e. The highest BCUT2D eigenvalue weighted by molar-refractivity contribution is 7.25. The summed E-state index contributed by atoms with van der Waals surface area (Å²) in [5, 5.41) is 10.2. The van der Waals surface area contributed by atoms with E-state index in [9.17, 15) is 0 Å². The van der Waals surface area contributed by atoms with Gasteiger partial charge in [-0.3, -0.25) is 0 Å². The molecule has 0 bridgehead atoms. The van der Waals surface area contributed by atoms with Crippen LogP contribution in [0.25, 0.3) is 74.7 Å². The summed E-state index contributed by atoms with van der Waals surface area (Å²) in [5.41, 5.74) is 19.8. The van der Waals surface area contributed by atoms with Crippen LogP contribution in [-0.2, 0) is 10.8 Å². The minimum atomic E-state index is -0.267. The molecule has 12 aromatic rings. The molecule has 2 aliphatic heterocycles. The van der Waals surface area contributed by atoms with Gasteiger partial charge in [-0.25, -0.2) is 0 Å². The molecule has 0 saturated heterocycles. The van der Waals surface area contributed by atoms with Gasteiger partial charge >= 0.3 is 0 Å². The molecule has 3 heteroatoms. The first kappa shape index (κ1) is 45.6. The van der Waals surface area contributed by atoms with Gasteiger partial charge in [-0.15, -0.1) is 11.3 Å². The van der Waals surface area contributed by atoms with E-state index in [4.69, 9.17) is 0 Å². The van der Waals surface area contributed by atoms with E-state index < -0.39 is 0 Å². The van der Waals surface area contributed by atoms with E-state index in [0.717, 1.165) is 11.4 Å². The van der Waals surface area contributed by atoms with Gasteiger partial charge in [-0.1, -0.05) is 189 Å². The smallest absolute Gasteiger partial charge is 0.0517 e. The molecule has 1 aromatic heterocycles. The summed E-state index contributed by atoms with van der Waals surface area (Å²) in [4.78, 5) is 5.07. The number of anilines is 6. The van der Waals surface area contributed by atoms with Gasteiger partial charge in [0.05, 0.1) is 22.7 Å². The molecular weight excluding hydrogens is 925 g/mol. The average Bonchev–Trinajstić information content (AvgIpc) is 3.89. The van der Waals surface area contributed by atoms with Gasteiger partial charge in [-0.05, 0) is 173 Å². The van der Waals surface area contributed by atoms with Crippen LogP contribution in [0.3, 0.4) is 0 Å². The number of nitrogens with zero attached hydrogens (tertiary/aromatic N) is 2. The normalized spacial score (nSPS) is 14.5. The van der Waals surface area contributed by atoms with E-state index in [-0.39, 0.29) is 10.8 Å². The maximum absolute atomic E-state index is 2.56. The Balaban J connectivity index is 0.939.